The molecule has 3 aromatic rings. The number of ether oxygens (including phenoxy) is 1. The fourth-order valence-electron chi connectivity index (χ4n) is 2.83. The van der Waals surface area contributed by atoms with Gasteiger partial charge in [0.25, 0.3) is 5.91 Å². The van der Waals surface area contributed by atoms with Crippen molar-refractivity contribution in [2.45, 2.75) is 6.92 Å². The van der Waals surface area contributed by atoms with Gasteiger partial charge in [-0.3, -0.25) is 4.79 Å². The van der Waals surface area contributed by atoms with Crippen LogP contribution in [0.25, 0.3) is 5.65 Å². The highest BCUT2D eigenvalue weighted by Crippen LogP contribution is 2.33. The molecule has 0 aliphatic carbocycles. The third kappa shape index (κ3) is 2.78. The van der Waals surface area contributed by atoms with Crippen LogP contribution in [-0.2, 0) is 0 Å². The van der Waals surface area contributed by atoms with E-state index in [0.717, 1.165) is 5.56 Å². The van der Waals surface area contributed by atoms with Crippen molar-refractivity contribution in [2.75, 3.05) is 30.8 Å². The van der Waals surface area contributed by atoms with E-state index in [2.05, 4.69) is 26.0 Å². The minimum Gasteiger partial charge on any atom is -0.491 e. The van der Waals surface area contributed by atoms with Crippen LogP contribution < -0.4 is 20.7 Å². The fraction of sp³-hybridized carbons (Fsp3) is 0.235. The number of amides is 1. The molecule has 1 aliphatic heterocycles. The number of carbonyl (C=O) groups is 1. The summed E-state index contributed by atoms with van der Waals surface area (Å²) in [6, 6.07) is 5.46. The van der Waals surface area contributed by atoms with Crippen molar-refractivity contribution in [3.8, 4) is 5.75 Å². The number of nitrogens with zero attached hydrogens (tertiary/aromatic N) is 3. The van der Waals surface area contributed by atoms with Crippen LogP contribution in [-0.4, -0.2) is 40.7 Å². The van der Waals surface area contributed by atoms with E-state index in [4.69, 9.17) is 16.3 Å². The molecular formula is C17H17ClN6O2. The Kier molecular flexibility index (Phi) is 4.04. The third-order valence-electron chi connectivity index (χ3n) is 4.15. The standard InChI is InChI=1S/C17H17ClN6O2/c1-9-5-11(18)12-6-13(9)26-4-3-20-17(25)10-8-21-24-15(19-2)7-14(22-12)23-16(10)24/h5-8,19H,3-4H2,1-2H3,(H,20,25)(H,22,23). The lowest BCUT2D eigenvalue weighted by molar-refractivity contribution is 0.0948. The van der Waals surface area contributed by atoms with Crippen LogP contribution in [0, 0.1) is 6.92 Å². The second-order valence-electron chi connectivity index (χ2n) is 5.90. The molecule has 0 saturated heterocycles. The number of aromatic nitrogens is 3. The smallest absolute Gasteiger partial charge is 0.256 e. The van der Waals surface area contributed by atoms with E-state index < -0.39 is 0 Å². The van der Waals surface area contributed by atoms with Crippen LogP contribution in [0.5, 0.6) is 5.75 Å². The number of benzene rings is 1. The predicted octanol–water partition coefficient (Wildman–Crippen LogP) is 2.60. The minimum absolute atomic E-state index is 0.254. The summed E-state index contributed by atoms with van der Waals surface area (Å²) in [7, 11) is 1.78. The van der Waals surface area contributed by atoms with Crippen molar-refractivity contribution in [1.82, 2.24) is 19.9 Å². The zero-order chi connectivity index (χ0) is 18.3. The largest absolute Gasteiger partial charge is 0.491 e. The summed E-state index contributed by atoms with van der Waals surface area (Å²) in [6.45, 7) is 2.62. The van der Waals surface area contributed by atoms with Crippen LogP contribution >= 0.6 is 11.6 Å². The lowest BCUT2D eigenvalue weighted by Crippen LogP contribution is -2.28. The number of halogens is 1. The first-order valence-electron chi connectivity index (χ1n) is 8.11. The molecule has 0 spiro atoms. The van der Waals surface area contributed by atoms with Gasteiger partial charge in [-0.1, -0.05) is 11.6 Å². The summed E-state index contributed by atoms with van der Waals surface area (Å²) in [5.41, 5.74) is 2.42. The average molecular weight is 373 g/mol. The molecule has 0 fully saturated rings. The maximum Gasteiger partial charge on any atom is 0.256 e. The topological polar surface area (TPSA) is 92.6 Å². The van der Waals surface area contributed by atoms with Crippen molar-refractivity contribution in [1.29, 1.82) is 0 Å². The molecule has 0 atom stereocenters. The third-order valence-corrected chi connectivity index (χ3v) is 4.46. The average Bonchev–Trinajstić information content (AvgIpc) is 3.04. The summed E-state index contributed by atoms with van der Waals surface area (Å²) in [5.74, 6) is 1.66. The zero-order valence-corrected chi connectivity index (χ0v) is 15.0. The molecule has 2 aromatic heterocycles. The highest BCUT2D eigenvalue weighted by molar-refractivity contribution is 6.33. The Balaban J connectivity index is 1.91. The molecule has 4 bridgehead atoms. The monoisotopic (exact) mass is 372 g/mol. The second-order valence-corrected chi connectivity index (χ2v) is 6.30. The number of anilines is 3. The van der Waals surface area contributed by atoms with Crippen molar-refractivity contribution in [3.63, 3.8) is 0 Å². The molecule has 0 unspecified atom stereocenters. The Morgan fingerprint density at radius 2 is 2.19 bits per heavy atom. The number of hydrogen-bond donors (Lipinski definition) is 3. The van der Waals surface area contributed by atoms with Crippen molar-refractivity contribution in [3.05, 3.63) is 40.5 Å². The first kappa shape index (κ1) is 16.5. The van der Waals surface area contributed by atoms with E-state index in [1.54, 1.807) is 17.6 Å². The zero-order valence-electron chi connectivity index (χ0n) is 14.3. The number of rotatable bonds is 1. The summed E-state index contributed by atoms with van der Waals surface area (Å²) in [5, 5.41) is 13.9. The second kappa shape index (κ2) is 6.38. The molecule has 1 aromatic carbocycles. The summed E-state index contributed by atoms with van der Waals surface area (Å²) in [4.78, 5) is 17.0. The predicted molar refractivity (Wildman–Crippen MR) is 99.8 cm³/mol. The van der Waals surface area contributed by atoms with Gasteiger partial charge >= 0.3 is 0 Å². The number of nitrogens with one attached hydrogen (secondary N) is 3. The van der Waals surface area contributed by atoms with Crippen molar-refractivity contribution >= 4 is 40.5 Å². The molecule has 4 rings (SSSR count). The molecule has 26 heavy (non-hydrogen) atoms. The van der Waals surface area contributed by atoms with Gasteiger partial charge in [0, 0.05) is 19.2 Å². The number of carbonyl (C=O) groups excluding carboxylic acids is 1. The lowest BCUT2D eigenvalue weighted by atomic mass is 10.2. The molecule has 9 heteroatoms. The Labute approximate surface area is 154 Å². The van der Waals surface area contributed by atoms with Crippen molar-refractivity contribution < 1.29 is 9.53 Å². The molecule has 0 saturated carbocycles. The van der Waals surface area contributed by atoms with Gasteiger partial charge in [0.15, 0.2) is 5.65 Å². The van der Waals surface area contributed by atoms with E-state index in [1.807, 2.05) is 19.1 Å². The van der Waals surface area contributed by atoms with Gasteiger partial charge in [0.1, 0.15) is 29.6 Å². The maximum atomic E-state index is 12.5. The molecule has 1 amide bonds. The summed E-state index contributed by atoms with van der Waals surface area (Å²) in [6.07, 6.45) is 1.50. The lowest BCUT2D eigenvalue weighted by Gasteiger charge is -2.14. The Morgan fingerprint density at radius 3 is 3.00 bits per heavy atom. The van der Waals surface area contributed by atoms with Crippen LogP contribution in [0.3, 0.4) is 0 Å². The van der Waals surface area contributed by atoms with Crippen LogP contribution in [0.4, 0.5) is 17.3 Å². The van der Waals surface area contributed by atoms with E-state index in [-0.39, 0.29) is 5.91 Å². The van der Waals surface area contributed by atoms with Gasteiger partial charge in [-0.25, -0.2) is 4.98 Å². The number of hydrogen-bond acceptors (Lipinski definition) is 6. The molecule has 1 aliphatic rings. The Bertz CT molecular complexity index is 1020. The van der Waals surface area contributed by atoms with E-state index in [1.165, 1.54) is 6.20 Å². The Hall–Kier alpha value is -3.00. The first-order chi connectivity index (χ1) is 12.6. The first-order valence-corrected chi connectivity index (χ1v) is 8.49. The van der Waals surface area contributed by atoms with E-state index in [0.29, 0.717) is 52.5 Å². The molecule has 3 N–H and O–H groups in total. The highest BCUT2D eigenvalue weighted by Gasteiger charge is 2.18. The van der Waals surface area contributed by atoms with Gasteiger partial charge in [-0.2, -0.15) is 9.61 Å². The van der Waals surface area contributed by atoms with Crippen LogP contribution in [0.2, 0.25) is 5.02 Å². The quantitative estimate of drug-likeness (QED) is 0.608. The van der Waals surface area contributed by atoms with Crippen LogP contribution in [0.15, 0.2) is 24.4 Å². The maximum absolute atomic E-state index is 12.5. The van der Waals surface area contributed by atoms with Crippen LogP contribution in [0.1, 0.15) is 15.9 Å². The molecule has 3 heterocycles. The van der Waals surface area contributed by atoms with Gasteiger partial charge < -0.3 is 20.7 Å². The SMILES string of the molecule is CNc1cc2nc3c(cnn13)C(=O)NCCOc1cc(c(Cl)cc1C)N2. The summed E-state index contributed by atoms with van der Waals surface area (Å²) < 4.78 is 7.37. The van der Waals surface area contributed by atoms with Crippen molar-refractivity contribution in [2.24, 2.45) is 0 Å². The van der Waals surface area contributed by atoms with Gasteiger partial charge in [0.2, 0.25) is 0 Å². The highest BCUT2D eigenvalue weighted by atomic mass is 35.5. The van der Waals surface area contributed by atoms with E-state index in [9.17, 15) is 4.79 Å². The molecule has 0 radical (unpaired) electrons. The molecule has 134 valence electrons. The minimum atomic E-state index is -0.254. The van der Waals surface area contributed by atoms with Gasteiger partial charge in [-0.15, -0.1) is 0 Å². The molecular weight excluding hydrogens is 356 g/mol. The fourth-order valence-corrected chi connectivity index (χ4v) is 3.09. The molecule has 8 nitrogen and oxygen atoms in total. The summed E-state index contributed by atoms with van der Waals surface area (Å²) >= 11 is 6.38. The number of fused-ring (bicyclic) bond motifs is 3. The normalized spacial score (nSPS) is 13.9. The van der Waals surface area contributed by atoms with E-state index >= 15 is 0 Å². The number of aryl methyl sites for hydroxylation is 1. The van der Waals surface area contributed by atoms with Gasteiger partial charge in [-0.05, 0) is 18.6 Å². The Morgan fingerprint density at radius 1 is 1.35 bits per heavy atom. The van der Waals surface area contributed by atoms with Gasteiger partial charge in [0.05, 0.1) is 23.5 Å².